The summed E-state index contributed by atoms with van der Waals surface area (Å²) in [4.78, 5) is 11.7. The highest BCUT2D eigenvalue weighted by Gasteiger charge is 2.02. The highest BCUT2D eigenvalue weighted by molar-refractivity contribution is 5.72. The molecule has 0 bridgehead atoms. The third-order valence-electron chi connectivity index (χ3n) is 5.63. The van der Waals surface area contributed by atoms with Gasteiger partial charge in [0.2, 0.25) is 0 Å². The Hall–Kier alpha value is -1.57. The first kappa shape index (κ1) is 26.5. The van der Waals surface area contributed by atoms with E-state index in [-0.39, 0.29) is 5.97 Å². The van der Waals surface area contributed by atoms with Gasteiger partial charge in [0.25, 0.3) is 0 Å². The summed E-state index contributed by atoms with van der Waals surface area (Å²) < 4.78 is 5.28. The van der Waals surface area contributed by atoms with E-state index >= 15 is 0 Å². The van der Waals surface area contributed by atoms with Crippen molar-refractivity contribution >= 4 is 5.97 Å². The molecule has 0 spiro atoms. The van der Waals surface area contributed by atoms with Crippen LogP contribution in [0, 0.1) is 0 Å². The summed E-state index contributed by atoms with van der Waals surface area (Å²) in [6.45, 7) is 2.29. The molecule has 0 fully saturated rings. The number of hydrogen-bond donors (Lipinski definition) is 0. The van der Waals surface area contributed by atoms with Crippen LogP contribution in [0.4, 0.5) is 0 Å². The summed E-state index contributed by atoms with van der Waals surface area (Å²) in [5.41, 5.74) is 0. The Morgan fingerprint density at radius 2 is 1.13 bits per heavy atom. The largest absolute Gasteiger partial charge is 0.427 e. The Morgan fingerprint density at radius 1 is 0.667 bits per heavy atom. The van der Waals surface area contributed by atoms with E-state index in [4.69, 9.17) is 4.74 Å². The summed E-state index contributed by atoms with van der Waals surface area (Å²) in [6.07, 6.45) is 27.8. The fourth-order valence-corrected chi connectivity index (χ4v) is 3.74. The number of carbonyl (C=O) groups excluding carboxylic acids is 1. The van der Waals surface area contributed by atoms with Crippen LogP contribution in [0.1, 0.15) is 122 Å². The second-order valence-corrected chi connectivity index (χ2v) is 8.54. The molecule has 0 atom stereocenters. The molecule has 0 aliphatic heterocycles. The van der Waals surface area contributed by atoms with Gasteiger partial charge in [-0.2, -0.15) is 0 Å². The molecule has 0 aliphatic rings. The molecule has 170 valence electrons. The number of para-hydroxylation sites is 1. The zero-order valence-electron chi connectivity index (χ0n) is 19.6. The zero-order chi connectivity index (χ0) is 21.5. The fraction of sp³-hybridized carbons (Fsp3) is 0.679. The zero-order valence-corrected chi connectivity index (χ0v) is 19.6. The maximum atomic E-state index is 11.7. The molecule has 0 N–H and O–H groups in total. The fourth-order valence-electron chi connectivity index (χ4n) is 3.74. The van der Waals surface area contributed by atoms with Crippen molar-refractivity contribution in [3.63, 3.8) is 0 Å². The topological polar surface area (TPSA) is 26.3 Å². The van der Waals surface area contributed by atoms with E-state index in [2.05, 4.69) is 19.1 Å². The van der Waals surface area contributed by atoms with E-state index < -0.39 is 0 Å². The van der Waals surface area contributed by atoms with E-state index in [1.165, 1.54) is 96.3 Å². The lowest BCUT2D eigenvalue weighted by molar-refractivity contribution is -0.134. The van der Waals surface area contributed by atoms with Crippen molar-refractivity contribution in [2.24, 2.45) is 0 Å². The van der Waals surface area contributed by atoms with Crippen LogP contribution in [0.2, 0.25) is 0 Å². The number of unbranched alkanes of at least 4 members (excludes halogenated alkanes) is 15. The molecule has 0 amide bonds. The summed E-state index contributed by atoms with van der Waals surface area (Å²) >= 11 is 0. The minimum Gasteiger partial charge on any atom is -0.427 e. The second kappa shape index (κ2) is 20.7. The Kier molecular flexibility index (Phi) is 18.3. The number of benzene rings is 1. The molecule has 2 heteroatoms. The molecule has 0 aliphatic carbocycles. The normalized spacial score (nSPS) is 11.2. The van der Waals surface area contributed by atoms with Crippen molar-refractivity contribution < 1.29 is 9.53 Å². The lowest BCUT2D eigenvalue weighted by atomic mass is 10.0. The monoisotopic (exact) mass is 414 g/mol. The van der Waals surface area contributed by atoms with Crippen molar-refractivity contribution in [3.05, 3.63) is 42.5 Å². The number of hydrogen-bond acceptors (Lipinski definition) is 2. The lowest BCUT2D eigenvalue weighted by Gasteiger charge is -2.03. The molecule has 0 saturated heterocycles. The van der Waals surface area contributed by atoms with Gasteiger partial charge in [0.1, 0.15) is 5.75 Å². The Labute approximate surface area is 186 Å². The van der Waals surface area contributed by atoms with Crippen LogP contribution >= 0.6 is 0 Å². The molecule has 30 heavy (non-hydrogen) atoms. The van der Waals surface area contributed by atoms with Gasteiger partial charge in [-0.25, -0.2) is 0 Å². The number of esters is 1. The standard InChI is InChI=1S/C28H46O2/c1-2-3-4-5-6-7-8-9-10-11-12-13-14-15-16-17-18-19-23-26-28(29)30-27-24-21-20-22-25-27/h18-22,24-25H,2-17,23,26H2,1H3/b19-18+. The first-order chi connectivity index (χ1) is 14.8. The van der Waals surface area contributed by atoms with Gasteiger partial charge >= 0.3 is 5.97 Å². The van der Waals surface area contributed by atoms with Crippen LogP contribution in [-0.4, -0.2) is 5.97 Å². The summed E-state index contributed by atoms with van der Waals surface area (Å²) in [6, 6.07) is 9.28. The van der Waals surface area contributed by atoms with Crippen molar-refractivity contribution in [2.75, 3.05) is 0 Å². The molecule has 2 nitrogen and oxygen atoms in total. The minimum absolute atomic E-state index is 0.155. The third-order valence-corrected chi connectivity index (χ3v) is 5.63. The van der Waals surface area contributed by atoms with Crippen LogP contribution in [-0.2, 0) is 4.79 Å². The molecule has 1 rings (SSSR count). The van der Waals surface area contributed by atoms with Crippen molar-refractivity contribution in [2.45, 2.75) is 122 Å². The van der Waals surface area contributed by atoms with E-state index in [0.29, 0.717) is 12.2 Å². The van der Waals surface area contributed by atoms with Crippen LogP contribution in [0.15, 0.2) is 42.5 Å². The molecular weight excluding hydrogens is 368 g/mol. The Balaban J connectivity index is 1.77. The van der Waals surface area contributed by atoms with Crippen molar-refractivity contribution in [1.82, 2.24) is 0 Å². The Bertz CT molecular complexity index is 521. The van der Waals surface area contributed by atoms with Gasteiger partial charge in [-0.3, -0.25) is 4.79 Å². The molecule has 1 aromatic rings. The Morgan fingerprint density at radius 3 is 1.67 bits per heavy atom. The molecule has 0 aromatic heterocycles. The van der Waals surface area contributed by atoms with Gasteiger partial charge in [-0.05, 0) is 31.4 Å². The summed E-state index contributed by atoms with van der Waals surface area (Å²) in [5.74, 6) is 0.474. The minimum atomic E-state index is -0.155. The summed E-state index contributed by atoms with van der Waals surface area (Å²) in [5, 5.41) is 0. The van der Waals surface area contributed by atoms with Crippen molar-refractivity contribution in [1.29, 1.82) is 0 Å². The van der Waals surface area contributed by atoms with Gasteiger partial charge < -0.3 is 4.74 Å². The maximum Gasteiger partial charge on any atom is 0.311 e. The van der Waals surface area contributed by atoms with Gasteiger partial charge in [0.05, 0.1) is 0 Å². The van der Waals surface area contributed by atoms with Gasteiger partial charge in [0, 0.05) is 6.42 Å². The molecule has 0 heterocycles. The third kappa shape index (κ3) is 17.3. The van der Waals surface area contributed by atoms with Gasteiger partial charge in [-0.15, -0.1) is 0 Å². The molecule has 0 radical (unpaired) electrons. The SMILES string of the molecule is CCCCCCCCCCCCCCCCC/C=C/CCC(=O)Oc1ccccc1. The smallest absolute Gasteiger partial charge is 0.311 e. The number of allylic oxidation sites excluding steroid dienone is 2. The average Bonchev–Trinajstić information content (AvgIpc) is 2.76. The van der Waals surface area contributed by atoms with Crippen LogP contribution in [0.25, 0.3) is 0 Å². The predicted octanol–water partition coefficient (Wildman–Crippen LogP) is 9.19. The molecular formula is C28H46O2. The first-order valence-electron chi connectivity index (χ1n) is 12.7. The molecule has 0 saturated carbocycles. The average molecular weight is 415 g/mol. The van der Waals surface area contributed by atoms with E-state index in [1.54, 1.807) is 0 Å². The van der Waals surface area contributed by atoms with E-state index in [1.807, 2.05) is 30.3 Å². The maximum absolute atomic E-state index is 11.7. The van der Waals surface area contributed by atoms with Crippen LogP contribution < -0.4 is 4.74 Å². The van der Waals surface area contributed by atoms with Crippen LogP contribution in [0.5, 0.6) is 5.75 Å². The molecule has 1 aromatic carbocycles. The number of carbonyl (C=O) groups is 1. The number of ether oxygens (including phenoxy) is 1. The second-order valence-electron chi connectivity index (χ2n) is 8.54. The quantitative estimate of drug-likeness (QED) is 0.0919. The highest BCUT2D eigenvalue weighted by Crippen LogP contribution is 2.14. The van der Waals surface area contributed by atoms with E-state index in [0.717, 1.165) is 12.8 Å². The predicted molar refractivity (Wildman–Crippen MR) is 130 cm³/mol. The van der Waals surface area contributed by atoms with Gasteiger partial charge in [0.15, 0.2) is 0 Å². The first-order valence-corrected chi connectivity index (χ1v) is 12.7. The van der Waals surface area contributed by atoms with Crippen molar-refractivity contribution in [3.8, 4) is 5.75 Å². The highest BCUT2D eigenvalue weighted by atomic mass is 16.5. The van der Waals surface area contributed by atoms with Gasteiger partial charge in [-0.1, -0.05) is 127 Å². The summed E-state index contributed by atoms with van der Waals surface area (Å²) in [7, 11) is 0. The van der Waals surface area contributed by atoms with Crippen LogP contribution in [0.3, 0.4) is 0 Å². The lowest BCUT2D eigenvalue weighted by Crippen LogP contribution is -2.06. The van der Waals surface area contributed by atoms with E-state index in [9.17, 15) is 4.79 Å². The molecule has 0 unspecified atom stereocenters. The number of rotatable bonds is 20.